The quantitative estimate of drug-likeness (QED) is 0.760. The van der Waals surface area contributed by atoms with Crippen LogP contribution in [-0.2, 0) is 19.4 Å². The van der Waals surface area contributed by atoms with Crippen LogP contribution in [0.5, 0.6) is 5.75 Å². The van der Waals surface area contributed by atoms with E-state index >= 15 is 0 Å². The number of methoxy groups -OCH3 is 1. The molecular formula is C16H21ClN2O5S. The van der Waals surface area contributed by atoms with E-state index in [0.29, 0.717) is 22.9 Å². The molecule has 9 heteroatoms. The molecule has 138 valence electrons. The molecule has 0 spiro atoms. The van der Waals surface area contributed by atoms with Crippen LogP contribution >= 0.6 is 11.6 Å². The predicted octanol–water partition coefficient (Wildman–Crippen LogP) is 1.35. The summed E-state index contributed by atoms with van der Waals surface area (Å²) < 4.78 is 28.3. The fraction of sp³-hybridized carbons (Fsp3) is 0.500. The largest absolute Gasteiger partial charge is 0.495 e. The van der Waals surface area contributed by atoms with Crippen molar-refractivity contribution in [3.05, 3.63) is 23.2 Å². The SMILES string of the molecule is COc1ccc(N(CC(=O)N(C)C2CCS(=O)(=O)C2)C(C)=O)cc1Cl. The molecule has 1 aromatic rings. The molecule has 0 bridgehead atoms. The van der Waals surface area contributed by atoms with Gasteiger partial charge in [0.1, 0.15) is 12.3 Å². The highest BCUT2D eigenvalue weighted by molar-refractivity contribution is 7.91. The molecule has 1 aliphatic heterocycles. The van der Waals surface area contributed by atoms with Gasteiger partial charge in [-0.1, -0.05) is 11.6 Å². The number of nitrogens with zero attached hydrogens (tertiary/aromatic N) is 2. The van der Waals surface area contributed by atoms with Crippen molar-refractivity contribution < 1.29 is 22.7 Å². The fourth-order valence-electron chi connectivity index (χ4n) is 2.74. The van der Waals surface area contributed by atoms with E-state index in [1.54, 1.807) is 25.2 Å². The molecular weight excluding hydrogens is 368 g/mol. The maximum Gasteiger partial charge on any atom is 0.242 e. The minimum Gasteiger partial charge on any atom is -0.495 e. The number of hydrogen-bond donors (Lipinski definition) is 0. The molecule has 1 aliphatic rings. The zero-order valence-corrected chi connectivity index (χ0v) is 15.9. The first-order valence-electron chi connectivity index (χ1n) is 7.72. The number of carbonyl (C=O) groups is 2. The van der Waals surface area contributed by atoms with E-state index in [0.717, 1.165) is 0 Å². The summed E-state index contributed by atoms with van der Waals surface area (Å²) in [5.74, 6) is -0.136. The summed E-state index contributed by atoms with van der Waals surface area (Å²) in [6.45, 7) is 1.16. The topological polar surface area (TPSA) is 84.0 Å². The molecule has 2 rings (SSSR count). The van der Waals surface area contributed by atoms with Crippen molar-refractivity contribution in [2.45, 2.75) is 19.4 Å². The van der Waals surface area contributed by atoms with Crippen LogP contribution in [0.4, 0.5) is 5.69 Å². The lowest BCUT2D eigenvalue weighted by Gasteiger charge is -2.28. The zero-order valence-electron chi connectivity index (χ0n) is 14.4. The van der Waals surface area contributed by atoms with Crippen molar-refractivity contribution in [3.8, 4) is 5.75 Å². The average molecular weight is 389 g/mol. The lowest BCUT2D eigenvalue weighted by Crippen LogP contribution is -2.45. The van der Waals surface area contributed by atoms with Gasteiger partial charge in [-0.2, -0.15) is 0 Å². The Morgan fingerprint density at radius 3 is 2.52 bits per heavy atom. The van der Waals surface area contributed by atoms with Gasteiger partial charge in [0.2, 0.25) is 11.8 Å². The number of likely N-dealkylation sites (N-methyl/N-ethyl adjacent to an activating group) is 1. The summed E-state index contributed by atoms with van der Waals surface area (Å²) in [6.07, 6.45) is 0.416. The third-order valence-corrected chi connectivity index (χ3v) is 6.32. The van der Waals surface area contributed by atoms with Gasteiger partial charge in [-0.25, -0.2) is 8.42 Å². The van der Waals surface area contributed by atoms with Crippen LogP contribution in [0, 0.1) is 0 Å². The van der Waals surface area contributed by atoms with Crippen molar-refractivity contribution in [3.63, 3.8) is 0 Å². The van der Waals surface area contributed by atoms with Crippen molar-refractivity contribution in [2.75, 3.05) is 37.1 Å². The Bertz CT molecular complexity index is 781. The molecule has 0 aliphatic carbocycles. The Kier molecular flexibility index (Phi) is 5.95. The van der Waals surface area contributed by atoms with Gasteiger partial charge >= 0.3 is 0 Å². The summed E-state index contributed by atoms with van der Waals surface area (Å²) >= 11 is 6.09. The van der Waals surface area contributed by atoms with E-state index < -0.39 is 9.84 Å². The molecule has 0 saturated carbocycles. The number of benzene rings is 1. The number of hydrogen-bond acceptors (Lipinski definition) is 5. The Morgan fingerprint density at radius 2 is 2.04 bits per heavy atom. The maximum absolute atomic E-state index is 12.5. The van der Waals surface area contributed by atoms with Crippen LogP contribution < -0.4 is 9.64 Å². The minimum absolute atomic E-state index is 0.0380. The molecule has 25 heavy (non-hydrogen) atoms. The van der Waals surface area contributed by atoms with Crippen molar-refractivity contribution >= 4 is 38.9 Å². The van der Waals surface area contributed by atoms with Gasteiger partial charge in [-0.05, 0) is 24.6 Å². The van der Waals surface area contributed by atoms with Gasteiger partial charge in [0.15, 0.2) is 9.84 Å². The van der Waals surface area contributed by atoms with Gasteiger partial charge in [-0.3, -0.25) is 9.59 Å². The van der Waals surface area contributed by atoms with Gasteiger partial charge in [0.05, 0.1) is 23.6 Å². The van der Waals surface area contributed by atoms with Gasteiger partial charge in [0, 0.05) is 25.7 Å². The Hall–Kier alpha value is -1.80. The monoisotopic (exact) mass is 388 g/mol. The standard InChI is InChI=1S/C16H21ClN2O5S/c1-11(20)19(12-4-5-15(24-3)14(17)8-12)9-16(21)18(2)13-6-7-25(22,23)10-13/h4-5,8,13H,6-7,9-10H2,1-3H3. The molecule has 1 saturated heterocycles. The number of sulfone groups is 1. The predicted molar refractivity (Wildman–Crippen MR) is 95.9 cm³/mol. The van der Waals surface area contributed by atoms with Crippen LogP contribution in [0.25, 0.3) is 0 Å². The normalized spacial score (nSPS) is 18.6. The third-order valence-electron chi connectivity index (χ3n) is 4.27. The molecule has 1 atom stereocenters. The molecule has 0 aromatic heterocycles. The molecule has 2 amide bonds. The number of rotatable bonds is 5. The molecule has 1 heterocycles. The van der Waals surface area contributed by atoms with Crippen LogP contribution in [0.1, 0.15) is 13.3 Å². The number of carbonyl (C=O) groups excluding carboxylic acids is 2. The number of ether oxygens (including phenoxy) is 1. The molecule has 1 aromatic carbocycles. The number of anilines is 1. The molecule has 1 fully saturated rings. The van der Waals surface area contributed by atoms with Gasteiger partial charge in [-0.15, -0.1) is 0 Å². The van der Waals surface area contributed by atoms with Crippen molar-refractivity contribution in [1.82, 2.24) is 4.90 Å². The van der Waals surface area contributed by atoms with Crippen LogP contribution in [0.3, 0.4) is 0 Å². The summed E-state index contributed by atoms with van der Waals surface area (Å²) in [5.41, 5.74) is 0.471. The average Bonchev–Trinajstić information content (AvgIpc) is 2.91. The highest BCUT2D eigenvalue weighted by Crippen LogP contribution is 2.29. The molecule has 7 nitrogen and oxygen atoms in total. The van der Waals surface area contributed by atoms with E-state index in [1.807, 2.05) is 0 Å². The van der Waals surface area contributed by atoms with E-state index in [2.05, 4.69) is 0 Å². The smallest absolute Gasteiger partial charge is 0.242 e. The van der Waals surface area contributed by atoms with Gasteiger partial charge in [0.25, 0.3) is 0 Å². The van der Waals surface area contributed by atoms with Crippen LogP contribution in [-0.4, -0.2) is 63.4 Å². The minimum atomic E-state index is -3.09. The highest BCUT2D eigenvalue weighted by atomic mass is 35.5. The second-order valence-corrected chi connectivity index (χ2v) is 8.62. The third kappa shape index (κ3) is 4.64. The van der Waals surface area contributed by atoms with E-state index in [4.69, 9.17) is 16.3 Å². The zero-order chi connectivity index (χ0) is 18.8. The summed E-state index contributed by atoms with van der Waals surface area (Å²) in [5, 5.41) is 0.328. The van der Waals surface area contributed by atoms with E-state index in [-0.39, 0.29) is 35.9 Å². The highest BCUT2D eigenvalue weighted by Gasteiger charge is 2.33. The fourth-order valence-corrected chi connectivity index (χ4v) is 4.77. The second-order valence-electron chi connectivity index (χ2n) is 5.99. The van der Waals surface area contributed by atoms with E-state index in [1.165, 1.54) is 23.8 Å². The molecule has 0 N–H and O–H groups in total. The summed E-state index contributed by atoms with van der Waals surface area (Å²) in [6, 6.07) is 4.45. The maximum atomic E-state index is 12.5. The Morgan fingerprint density at radius 1 is 1.36 bits per heavy atom. The Labute approximate surface area is 152 Å². The lowest BCUT2D eigenvalue weighted by atomic mass is 10.2. The van der Waals surface area contributed by atoms with Crippen molar-refractivity contribution in [1.29, 1.82) is 0 Å². The van der Waals surface area contributed by atoms with Crippen LogP contribution in [0.15, 0.2) is 18.2 Å². The first-order chi connectivity index (χ1) is 11.6. The lowest BCUT2D eigenvalue weighted by molar-refractivity contribution is -0.131. The van der Waals surface area contributed by atoms with Gasteiger partial charge < -0.3 is 14.5 Å². The Balaban J connectivity index is 2.15. The van der Waals surface area contributed by atoms with Crippen LogP contribution in [0.2, 0.25) is 5.02 Å². The first kappa shape index (κ1) is 19.5. The second kappa shape index (κ2) is 7.61. The molecule has 0 radical (unpaired) electrons. The van der Waals surface area contributed by atoms with Crippen molar-refractivity contribution in [2.24, 2.45) is 0 Å². The summed E-state index contributed by atoms with van der Waals surface area (Å²) in [7, 11) is -0.0435. The first-order valence-corrected chi connectivity index (χ1v) is 9.92. The number of amides is 2. The van der Waals surface area contributed by atoms with E-state index in [9.17, 15) is 18.0 Å². The number of halogens is 1. The summed E-state index contributed by atoms with van der Waals surface area (Å²) in [4.78, 5) is 27.2. The molecule has 1 unspecified atom stereocenters.